The van der Waals surface area contributed by atoms with Gasteiger partial charge in [-0.1, -0.05) is 20.3 Å². The Morgan fingerprint density at radius 1 is 1.53 bits per heavy atom. The Labute approximate surface area is 118 Å². The van der Waals surface area contributed by atoms with Crippen molar-refractivity contribution in [2.45, 2.75) is 26.7 Å². The smallest absolute Gasteiger partial charge is 0.225 e. The molecule has 0 aliphatic rings. The van der Waals surface area contributed by atoms with Gasteiger partial charge in [0.1, 0.15) is 5.82 Å². The second-order valence-electron chi connectivity index (χ2n) is 4.62. The Morgan fingerprint density at radius 2 is 2.26 bits per heavy atom. The number of nitrogens with one attached hydrogen (secondary N) is 1. The Morgan fingerprint density at radius 3 is 2.89 bits per heavy atom. The van der Waals surface area contributed by atoms with Gasteiger partial charge in [0.25, 0.3) is 0 Å². The molecule has 3 N–H and O–H groups in total. The van der Waals surface area contributed by atoms with E-state index in [2.05, 4.69) is 19.2 Å². The van der Waals surface area contributed by atoms with Crippen molar-refractivity contribution in [3.63, 3.8) is 0 Å². The van der Waals surface area contributed by atoms with Gasteiger partial charge < -0.3 is 11.1 Å². The van der Waals surface area contributed by atoms with Gasteiger partial charge in [-0.25, -0.2) is 4.39 Å². The minimum absolute atomic E-state index is 0.0453. The summed E-state index contributed by atoms with van der Waals surface area (Å²) in [6, 6.07) is 4.19. The van der Waals surface area contributed by atoms with Crippen LogP contribution in [0.5, 0.6) is 0 Å². The first kappa shape index (κ1) is 15.8. The molecule has 0 radical (unpaired) electrons. The van der Waals surface area contributed by atoms with Gasteiger partial charge in [-0.3, -0.25) is 4.79 Å². The zero-order valence-electron chi connectivity index (χ0n) is 11.4. The highest BCUT2D eigenvalue weighted by Gasteiger charge is 2.05. The minimum atomic E-state index is -0.470. The summed E-state index contributed by atoms with van der Waals surface area (Å²) >= 11 is 1.78. The van der Waals surface area contributed by atoms with Crippen LogP contribution in [0.3, 0.4) is 0 Å². The largest absolute Gasteiger partial charge is 0.396 e. The summed E-state index contributed by atoms with van der Waals surface area (Å²) in [7, 11) is 0. The highest BCUT2D eigenvalue weighted by atomic mass is 32.2. The zero-order valence-corrected chi connectivity index (χ0v) is 12.2. The molecule has 106 valence electrons. The molecule has 0 heterocycles. The molecule has 0 aliphatic heterocycles. The van der Waals surface area contributed by atoms with Gasteiger partial charge in [-0.2, -0.15) is 11.8 Å². The topological polar surface area (TPSA) is 55.1 Å². The van der Waals surface area contributed by atoms with Gasteiger partial charge in [0.2, 0.25) is 5.91 Å². The standard InChI is InChI=1S/C14H21FN2OS/c1-3-10(2)9-19-7-6-14(18)17-11-4-5-12(15)13(16)8-11/h4-5,8,10H,3,6-7,9,16H2,1-2H3,(H,17,18). The maximum atomic E-state index is 13.0. The number of hydrogen-bond donors (Lipinski definition) is 2. The number of rotatable bonds is 7. The van der Waals surface area contributed by atoms with E-state index < -0.39 is 5.82 Å². The van der Waals surface area contributed by atoms with E-state index in [0.717, 1.165) is 17.9 Å². The normalized spacial score (nSPS) is 12.2. The maximum absolute atomic E-state index is 13.0. The third kappa shape index (κ3) is 5.96. The number of thioether (sulfide) groups is 1. The molecule has 0 saturated heterocycles. The molecular weight excluding hydrogens is 263 g/mol. The van der Waals surface area contributed by atoms with Crippen molar-refractivity contribution < 1.29 is 9.18 Å². The van der Waals surface area contributed by atoms with Crippen LogP contribution in [0.15, 0.2) is 18.2 Å². The average molecular weight is 284 g/mol. The van der Waals surface area contributed by atoms with Crippen molar-refractivity contribution in [2.24, 2.45) is 5.92 Å². The number of amides is 1. The molecular formula is C14H21FN2OS. The van der Waals surface area contributed by atoms with Crippen LogP contribution in [-0.4, -0.2) is 17.4 Å². The predicted molar refractivity (Wildman–Crippen MR) is 80.8 cm³/mol. The molecule has 19 heavy (non-hydrogen) atoms. The van der Waals surface area contributed by atoms with Gasteiger partial charge in [-0.05, 0) is 29.9 Å². The van der Waals surface area contributed by atoms with Crippen LogP contribution in [0, 0.1) is 11.7 Å². The number of hydrogen-bond acceptors (Lipinski definition) is 3. The fraction of sp³-hybridized carbons (Fsp3) is 0.500. The van der Waals surface area contributed by atoms with E-state index in [1.807, 2.05) is 0 Å². The van der Waals surface area contributed by atoms with Gasteiger partial charge >= 0.3 is 0 Å². The summed E-state index contributed by atoms with van der Waals surface area (Å²) in [6.45, 7) is 4.37. The molecule has 1 rings (SSSR count). The SMILES string of the molecule is CCC(C)CSCCC(=O)Nc1ccc(F)c(N)c1. The number of carbonyl (C=O) groups is 1. The third-order valence-corrected chi connectivity index (χ3v) is 4.15. The van der Waals surface area contributed by atoms with Gasteiger partial charge in [0.15, 0.2) is 0 Å². The summed E-state index contributed by atoms with van der Waals surface area (Å²) in [5.74, 6) is 2.02. The molecule has 0 saturated carbocycles. The molecule has 0 bridgehead atoms. The van der Waals surface area contributed by atoms with E-state index in [1.54, 1.807) is 11.8 Å². The van der Waals surface area contributed by atoms with Crippen molar-refractivity contribution in [1.29, 1.82) is 0 Å². The summed E-state index contributed by atoms with van der Waals surface area (Å²) in [5, 5.41) is 2.71. The van der Waals surface area contributed by atoms with E-state index in [0.29, 0.717) is 18.0 Å². The highest BCUT2D eigenvalue weighted by Crippen LogP contribution is 2.17. The average Bonchev–Trinajstić information content (AvgIpc) is 2.38. The molecule has 3 nitrogen and oxygen atoms in total. The summed E-state index contributed by atoms with van der Waals surface area (Å²) in [4.78, 5) is 11.7. The number of carbonyl (C=O) groups excluding carboxylic acids is 1. The number of nitrogen functional groups attached to an aromatic ring is 1. The Bertz CT molecular complexity index is 426. The Balaban J connectivity index is 2.29. The summed E-state index contributed by atoms with van der Waals surface area (Å²) in [5.41, 5.74) is 6.02. The summed E-state index contributed by atoms with van der Waals surface area (Å²) < 4.78 is 13.0. The predicted octanol–water partition coefficient (Wildman–Crippen LogP) is 3.52. The second-order valence-corrected chi connectivity index (χ2v) is 5.77. The molecule has 0 aliphatic carbocycles. The van der Waals surface area contributed by atoms with E-state index in [9.17, 15) is 9.18 Å². The van der Waals surface area contributed by atoms with Crippen molar-refractivity contribution in [3.05, 3.63) is 24.0 Å². The fourth-order valence-corrected chi connectivity index (χ4v) is 2.55. The second kappa shape index (κ2) is 8.04. The lowest BCUT2D eigenvalue weighted by Gasteiger charge is -2.08. The molecule has 1 atom stereocenters. The quantitative estimate of drug-likeness (QED) is 0.595. The van der Waals surface area contributed by atoms with Crippen molar-refractivity contribution in [1.82, 2.24) is 0 Å². The molecule has 1 aromatic carbocycles. The van der Waals surface area contributed by atoms with Crippen molar-refractivity contribution in [2.75, 3.05) is 22.6 Å². The van der Waals surface area contributed by atoms with Crippen LogP contribution < -0.4 is 11.1 Å². The number of benzene rings is 1. The Kier molecular flexibility index (Phi) is 6.70. The molecule has 0 spiro atoms. The maximum Gasteiger partial charge on any atom is 0.225 e. The van der Waals surface area contributed by atoms with Crippen LogP contribution in [-0.2, 0) is 4.79 Å². The van der Waals surface area contributed by atoms with Crippen molar-refractivity contribution in [3.8, 4) is 0 Å². The number of nitrogens with two attached hydrogens (primary N) is 1. The molecule has 1 aromatic rings. The highest BCUT2D eigenvalue weighted by molar-refractivity contribution is 7.99. The molecule has 1 amide bonds. The van der Waals surface area contributed by atoms with Crippen LogP contribution >= 0.6 is 11.8 Å². The molecule has 0 aromatic heterocycles. The Hall–Kier alpha value is -1.23. The fourth-order valence-electron chi connectivity index (χ4n) is 1.41. The minimum Gasteiger partial charge on any atom is -0.396 e. The lowest BCUT2D eigenvalue weighted by atomic mass is 10.2. The number of halogens is 1. The lowest BCUT2D eigenvalue weighted by molar-refractivity contribution is -0.115. The van der Waals surface area contributed by atoms with Gasteiger partial charge in [0.05, 0.1) is 5.69 Å². The number of anilines is 2. The molecule has 0 fully saturated rings. The van der Waals surface area contributed by atoms with Gasteiger partial charge in [-0.15, -0.1) is 0 Å². The van der Waals surface area contributed by atoms with Crippen molar-refractivity contribution >= 4 is 29.0 Å². The van der Waals surface area contributed by atoms with E-state index >= 15 is 0 Å². The monoisotopic (exact) mass is 284 g/mol. The van der Waals surface area contributed by atoms with Gasteiger partial charge in [0, 0.05) is 17.9 Å². The van der Waals surface area contributed by atoms with Crippen LogP contribution in [0.25, 0.3) is 0 Å². The first-order chi connectivity index (χ1) is 9.02. The van der Waals surface area contributed by atoms with Crippen LogP contribution in [0.1, 0.15) is 26.7 Å². The van der Waals surface area contributed by atoms with E-state index in [-0.39, 0.29) is 11.6 Å². The molecule has 1 unspecified atom stereocenters. The van der Waals surface area contributed by atoms with Crippen LogP contribution in [0.2, 0.25) is 0 Å². The third-order valence-electron chi connectivity index (χ3n) is 2.85. The van der Waals surface area contributed by atoms with Crippen LogP contribution in [0.4, 0.5) is 15.8 Å². The zero-order chi connectivity index (χ0) is 14.3. The van der Waals surface area contributed by atoms with E-state index in [1.165, 1.54) is 18.2 Å². The lowest BCUT2D eigenvalue weighted by Crippen LogP contribution is -2.13. The molecule has 5 heteroatoms. The summed E-state index contributed by atoms with van der Waals surface area (Å²) in [6.07, 6.45) is 1.62. The first-order valence-corrected chi connectivity index (χ1v) is 7.61. The first-order valence-electron chi connectivity index (χ1n) is 6.45. The van der Waals surface area contributed by atoms with E-state index in [4.69, 9.17) is 5.73 Å².